The van der Waals surface area contributed by atoms with Crippen molar-refractivity contribution in [1.29, 1.82) is 0 Å². The standard InChI is InChI=1S/C25H23ClF3N5O2/c26-19-14-21(32-24(36)17-5-4-6-18(13-17)25(27,28)29)23(31-15-19)34-11-9-33(10-12-34)22(35)16-30-20-7-2-1-3-8-20/h1-8,13-15,30H,9-12,16H2,(H,32,36). The molecule has 0 radical (unpaired) electrons. The van der Waals surface area contributed by atoms with E-state index < -0.39 is 17.6 Å². The van der Waals surface area contributed by atoms with Crippen molar-refractivity contribution < 1.29 is 22.8 Å². The van der Waals surface area contributed by atoms with Gasteiger partial charge in [-0.2, -0.15) is 13.2 Å². The summed E-state index contributed by atoms with van der Waals surface area (Å²) in [5.74, 6) is -0.331. The zero-order valence-electron chi connectivity index (χ0n) is 19.1. The molecule has 0 spiro atoms. The fourth-order valence-electron chi connectivity index (χ4n) is 3.82. The number of pyridine rings is 1. The highest BCUT2D eigenvalue weighted by molar-refractivity contribution is 6.31. The molecule has 0 atom stereocenters. The fourth-order valence-corrected chi connectivity index (χ4v) is 3.98. The number of nitrogens with one attached hydrogen (secondary N) is 2. The van der Waals surface area contributed by atoms with Crippen LogP contribution in [0.2, 0.25) is 5.02 Å². The highest BCUT2D eigenvalue weighted by Gasteiger charge is 2.31. The van der Waals surface area contributed by atoms with Crippen molar-refractivity contribution in [2.75, 3.05) is 48.3 Å². The molecule has 2 heterocycles. The summed E-state index contributed by atoms with van der Waals surface area (Å²) >= 11 is 6.08. The number of anilines is 3. The van der Waals surface area contributed by atoms with E-state index in [1.807, 2.05) is 35.2 Å². The third-order valence-electron chi connectivity index (χ3n) is 5.68. The number of carbonyl (C=O) groups is 2. The quantitative estimate of drug-likeness (QED) is 0.493. The Morgan fingerprint density at radius 1 is 0.972 bits per heavy atom. The fraction of sp³-hybridized carbons (Fsp3) is 0.240. The minimum atomic E-state index is -4.56. The molecule has 2 aromatic carbocycles. The van der Waals surface area contributed by atoms with E-state index in [2.05, 4.69) is 15.6 Å². The molecule has 1 aromatic heterocycles. The summed E-state index contributed by atoms with van der Waals surface area (Å²) in [7, 11) is 0. The van der Waals surface area contributed by atoms with Crippen LogP contribution >= 0.6 is 11.6 Å². The molecule has 2 N–H and O–H groups in total. The number of aromatic nitrogens is 1. The lowest BCUT2D eigenvalue weighted by Gasteiger charge is -2.36. The number of para-hydroxylation sites is 1. The van der Waals surface area contributed by atoms with E-state index in [1.165, 1.54) is 24.4 Å². The first kappa shape index (κ1) is 25.3. The first-order chi connectivity index (χ1) is 17.2. The maximum atomic E-state index is 13.0. The highest BCUT2D eigenvalue weighted by atomic mass is 35.5. The second-order valence-corrected chi connectivity index (χ2v) is 8.58. The topological polar surface area (TPSA) is 77.6 Å². The number of hydrogen-bond acceptors (Lipinski definition) is 5. The van der Waals surface area contributed by atoms with Crippen LogP contribution in [0.25, 0.3) is 0 Å². The van der Waals surface area contributed by atoms with Gasteiger partial charge in [-0.15, -0.1) is 0 Å². The zero-order valence-corrected chi connectivity index (χ0v) is 19.8. The third-order valence-corrected chi connectivity index (χ3v) is 5.89. The number of rotatable bonds is 6. The summed E-state index contributed by atoms with van der Waals surface area (Å²) in [4.78, 5) is 33.3. The Morgan fingerprint density at radius 2 is 1.69 bits per heavy atom. The number of hydrogen-bond donors (Lipinski definition) is 2. The molecule has 11 heteroatoms. The van der Waals surface area contributed by atoms with Crippen LogP contribution in [-0.4, -0.2) is 54.4 Å². The van der Waals surface area contributed by atoms with Gasteiger partial charge in [-0.1, -0.05) is 35.9 Å². The van der Waals surface area contributed by atoms with Crippen LogP contribution in [0.1, 0.15) is 15.9 Å². The maximum absolute atomic E-state index is 13.0. The lowest BCUT2D eigenvalue weighted by Crippen LogP contribution is -2.50. The molecule has 188 valence electrons. The van der Waals surface area contributed by atoms with Gasteiger partial charge in [-0.05, 0) is 36.4 Å². The summed E-state index contributed by atoms with van der Waals surface area (Å²) in [6.07, 6.45) is -3.13. The van der Waals surface area contributed by atoms with E-state index in [0.29, 0.717) is 32.0 Å². The lowest BCUT2D eigenvalue weighted by atomic mass is 10.1. The molecule has 1 aliphatic rings. The highest BCUT2D eigenvalue weighted by Crippen LogP contribution is 2.31. The molecular weight excluding hydrogens is 495 g/mol. The Labute approximate surface area is 210 Å². The van der Waals surface area contributed by atoms with Crippen LogP contribution in [-0.2, 0) is 11.0 Å². The first-order valence-electron chi connectivity index (χ1n) is 11.2. The number of benzene rings is 2. The van der Waals surface area contributed by atoms with E-state index in [-0.39, 0.29) is 28.7 Å². The van der Waals surface area contributed by atoms with Gasteiger partial charge in [0.2, 0.25) is 5.91 Å². The molecular formula is C25H23ClF3N5O2. The average molecular weight is 518 g/mol. The number of nitrogens with zero attached hydrogens (tertiary/aromatic N) is 3. The summed E-state index contributed by atoms with van der Waals surface area (Å²) in [6, 6.07) is 15.1. The molecule has 0 saturated carbocycles. The van der Waals surface area contributed by atoms with Crippen molar-refractivity contribution in [3.8, 4) is 0 Å². The first-order valence-corrected chi connectivity index (χ1v) is 11.5. The van der Waals surface area contributed by atoms with Crippen molar-refractivity contribution >= 4 is 40.6 Å². The van der Waals surface area contributed by atoms with Gasteiger partial charge in [0.1, 0.15) is 0 Å². The van der Waals surface area contributed by atoms with Crippen LogP contribution in [0.5, 0.6) is 0 Å². The number of amides is 2. The number of piperazine rings is 1. The molecule has 1 fully saturated rings. The Hall–Kier alpha value is -3.79. The SMILES string of the molecule is O=C(Nc1cc(Cl)cnc1N1CCN(C(=O)CNc2ccccc2)CC1)c1cccc(C(F)(F)F)c1. The zero-order chi connectivity index (χ0) is 25.7. The summed E-state index contributed by atoms with van der Waals surface area (Å²) in [6.45, 7) is 1.97. The minimum Gasteiger partial charge on any atom is -0.376 e. The predicted molar refractivity (Wildman–Crippen MR) is 132 cm³/mol. The Balaban J connectivity index is 1.41. The van der Waals surface area contributed by atoms with E-state index in [1.54, 1.807) is 4.90 Å². The van der Waals surface area contributed by atoms with Gasteiger partial charge in [-0.25, -0.2) is 4.98 Å². The minimum absolute atomic E-state index is 0.0411. The predicted octanol–water partition coefficient (Wildman–Crippen LogP) is 4.77. The maximum Gasteiger partial charge on any atom is 0.416 e. The van der Waals surface area contributed by atoms with Gasteiger partial charge in [0.15, 0.2) is 5.82 Å². The molecule has 4 rings (SSSR count). The Morgan fingerprint density at radius 3 is 2.39 bits per heavy atom. The van der Waals surface area contributed by atoms with Gasteiger partial charge in [0.25, 0.3) is 5.91 Å². The monoisotopic (exact) mass is 517 g/mol. The van der Waals surface area contributed by atoms with Crippen LogP contribution in [0.4, 0.5) is 30.4 Å². The number of alkyl halides is 3. The van der Waals surface area contributed by atoms with Crippen molar-refractivity contribution in [1.82, 2.24) is 9.88 Å². The van der Waals surface area contributed by atoms with Gasteiger partial charge in [-0.3, -0.25) is 9.59 Å². The summed E-state index contributed by atoms with van der Waals surface area (Å²) in [5.41, 5.74) is 0.0747. The summed E-state index contributed by atoms with van der Waals surface area (Å²) < 4.78 is 39.1. The van der Waals surface area contributed by atoms with Crippen LogP contribution in [0.15, 0.2) is 66.9 Å². The molecule has 2 amide bonds. The van der Waals surface area contributed by atoms with Gasteiger partial charge in [0.05, 0.1) is 22.8 Å². The number of carbonyl (C=O) groups excluding carboxylic acids is 2. The third kappa shape index (κ3) is 6.25. The largest absolute Gasteiger partial charge is 0.416 e. The van der Waals surface area contributed by atoms with E-state index in [4.69, 9.17) is 11.6 Å². The normalized spacial score (nSPS) is 13.9. The molecule has 36 heavy (non-hydrogen) atoms. The van der Waals surface area contributed by atoms with E-state index in [0.717, 1.165) is 17.8 Å². The molecule has 0 unspecified atom stereocenters. The average Bonchev–Trinajstić information content (AvgIpc) is 2.88. The Bertz CT molecular complexity index is 1230. The van der Waals surface area contributed by atoms with E-state index >= 15 is 0 Å². The van der Waals surface area contributed by atoms with Gasteiger partial charge < -0.3 is 20.4 Å². The smallest absolute Gasteiger partial charge is 0.376 e. The molecule has 0 bridgehead atoms. The molecule has 7 nitrogen and oxygen atoms in total. The summed E-state index contributed by atoms with van der Waals surface area (Å²) in [5, 5.41) is 5.99. The Kier molecular flexibility index (Phi) is 7.64. The molecule has 3 aromatic rings. The molecule has 1 aliphatic heterocycles. The van der Waals surface area contributed by atoms with Crippen molar-refractivity contribution in [3.63, 3.8) is 0 Å². The lowest BCUT2D eigenvalue weighted by molar-refractivity contribution is -0.137. The van der Waals surface area contributed by atoms with Crippen LogP contribution in [0.3, 0.4) is 0 Å². The molecule has 1 saturated heterocycles. The van der Waals surface area contributed by atoms with Crippen LogP contribution in [0, 0.1) is 0 Å². The number of halogens is 4. The van der Waals surface area contributed by atoms with E-state index in [9.17, 15) is 22.8 Å². The van der Waals surface area contributed by atoms with Crippen molar-refractivity contribution in [3.05, 3.63) is 83.0 Å². The van der Waals surface area contributed by atoms with Crippen LogP contribution < -0.4 is 15.5 Å². The second kappa shape index (κ2) is 10.9. The van der Waals surface area contributed by atoms with Gasteiger partial charge >= 0.3 is 6.18 Å². The second-order valence-electron chi connectivity index (χ2n) is 8.14. The van der Waals surface area contributed by atoms with Crippen molar-refractivity contribution in [2.24, 2.45) is 0 Å². The van der Waals surface area contributed by atoms with Crippen molar-refractivity contribution in [2.45, 2.75) is 6.18 Å². The van der Waals surface area contributed by atoms with Gasteiger partial charge in [0, 0.05) is 43.6 Å². The molecule has 0 aliphatic carbocycles.